The third-order valence-electron chi connectivity index (χ3n) is 23.2. The molecule has 8 aromatic carbocycles. The van der Waals surface area contributed by atoms with Crippen molar-refractivity contribution in [2.45, 2.75) is 105 Å². The minimum absolute atomic E-state index is 0.0181. The Morgan fingerprint density at radius 2 is 0.705 bits per heavy atom. The van der Waals surface area contributed by atoms with Crippen LogP contribution in [0.25, 0.3) is 171 Å². The van der Waals surface area contributed by atoms with Crippen molar-refractivity contribution in [1.29, 1.82) is 0 Å². The molecule has 0 radical (unpaired) electrons. The fourth-order valence-electron chi connectivity index (χ4n) is 16.0. The van der Waals surface area contributed by atoms with Gasteiger partial charge in [-0.1, -0.05) is 172 Å². The first kappa shape index (κ1) is 102. The smallest absolute Gasteiger partial charge is 0.417 e. The fourth-order valence-corrected chi connectivity index (χ4v) is 16.0. The second kappa shape index (κ2) is 46.9. The third-order valence-corrected chi connectivity index (χ3v) is 23.2. The molecule has 21 aromatic rings. The van der Waals surface area contributed by atoms with Gasteiger partial charge in [0.15, 0.2) is 11.5 Å². The normalized spacial score (nSPS) is 11.9. The van der Waals surface area contributed by atoms with Crippen molar-refractivity contribution in [3.8, 4) is 182 Å². The number of halogens is 9. The Labute approximate surface area is 845 Å². The molecule has 22 rings (SSSR count). The van der Waals surface area contributed by atoms with Gasteiger partial charge in [-0.3, -0.25) is 29.6 Å². The number of hydrogen-bond donors (Lipinski definition) is 1. The molecule has 0 unspecified atom stereocenters. The Kier molecular flexibility index (Phi) is 32.1. The molecule has 1 aliphatic carbocycles. The van der Waals surface area contributed by atoms with E-state index in [9.17, 15) is 39.5 Å². The molecule has 0 aliphatic heterocycles. The van der Waals surface area contributed by atoms with E-state index in [1.165, 1.54) is 68.1 Å². The van der Waals surface area contributed by atoms with Crippen LogP contribution in [0.5, 0.6) is 11.5 Å². The van der Waals surface area contributed by atoms with Crippen LogP contribution in [0.1, 0.15) is 97.9 Å². The van der Waals surface area contributed by atoms with Crippen LogP contribution in [0.4, 0.5) is 45.3 Å². The molecule has 0 atom stereocenters. The lowest BCUT2D eigenvalue weighted by Crippen LogP contribution is -2.07. The number of alkyl halides is 9. The molecule has 0 saturated heterocycles. The molecular weight excluding hydrogens is 1930 g/mol. The number of hydrogen-bond acceptors (Lipinski definition) is 28. The lowest BCUT2D eigenvalue weighted by molar-refractivity contribution is -0.137. The highest BCUT2D eigenvalue weighted by atomic mass is 19.4. The lowest BCUT2D eigenvalue weighted by atomic mass is 9.84. The molecule has 0 amide bonds. The zero-order valence-electron chi connectivity index (χ0n) is 80.5. The first-order valence-corrected chi connectivity index (χ1v) is 46.9. The quantitative estimate of drug-likeness (QED) is 0.0653. The Hall–Kier alpha value is -18.5. The average Bonchev–Trinajstić information content (AvgIpc) is 1.78. The first-order chi connectivity index (χ1) is 72.2. The Morgan fingerprint density at radius 3 is 1.13 bits per heavy atom. The number of aromatic nitrogens is 20. The summed E-state index contributed by atoms with van der Waals surface area (Å²) in [4.78, 5) is 49.9. The number of anilines is 1. The molecule has 13 aromatic heterocycles. The molecule has 750 valence electrons. The summed E-state index contributed by atoms with van der Waals surface area (Å²) in [6, 6.07) is 71.0. The van der Waals surface area contributed by atoms with Crippen molar-refractivity contribution in [1.82, 2.24) is 101 Å². The topological polar surface area (TPSA) is 373 Å². The highest BCUT2D eigenvalue weighted by molar-refractivity contribution is 5.77. The van der Waals surface area contributed by atoms with E-state index in [1.54, 1.807) is 195 Å². The van der Waals surface area contributed by atoms with Crippen LogP contribution in [0.15, 0.2) is 350 Å². The highest BCUT2D eigenvalue weighted by Gasteiger charge is 2.38. The molecule has 0 bridgehead atoms. The summed E-state index contributed by atoms with van der Waals surface area (Å²) in [5.74, 6) is 6.30. The fraction of sp³-hybridized carbons (Fsp3) is 0.162. The molecular formula is C111H90F9N21O8. The number of nitrogen functional groups attached to an aromatic ring is 1. The molecule has 38 heteroatoms. The second-order valence-electron chi connectivity index (χ2n) is 33.5. The van der Waals surface area contributed by atoms with E-state index in [0.717, 1.165) is 75.1 Å². The van der Waals surface area contributed by atoms with Gasteiger partial charge in [-0.25, -0.2) is 4.98 Å². The van der Waals surface area contributed by atoms with Gasteiger partial charge in [0.25, 0.3) is 35.3 Å². The number of pyridine rings is 6. The van der Waals surface area contributed by atoms with Crippen LogP contribution in [-0.2, 0) is 25.1 Å². The van der Waals surface area contributed by atoms with E-state index in [2.05, 4.69) is 120 Å². The van der Waals surface area contributed by atoms with E-state index in [0.29, 0.717) is 105 Å². The van der Waals surface area contributed by atoms with Gasteiger partial charge in [0.1, 0.15) is 11.5 Å². The molecule has 0 spiro atoms. The van der Waals surface area contributed by atoms with Gasteiger partial charge in [-0.2, -0.15) is 74.5 Å². The number of ether oxygens (including phenoxy) is 2. The van der Waals surface area contributed by atoms with Gasteiger partial charge < -0.3 is 42.3 Å². The largest absolute Gasteiger partial charge is 0.490 e. The molecule has 13 heterocycles. The predicted octanol–water partition coefficient (Wildman–Crippen LogP) is 27.4. The minimum Gasteiger partial charge on any atom is -0.490 e. The van der Waals surface area contributed by atoms with Crippen molar-refractivity contribution in [2.24, 2.45) is 0 Å². The second-order valence-corrected chi connectivity index (χ2v) is 33.5. The van der Waals surface area contributed by atoms with E-state index in [4.69, 9.17) is 42.3 Å². The van der Waals surface area contributed by atoms with E-state index < -0.39 is 35.2 Å². The Bertz CT molecular complexity index is 7990. The van der Waals surface area contributed by atoms with Gasteiger partial charge in [-0.15, -0.1) is 0 Å². The predicted molar refractivity (Wildman–Crippen MR) is 537 cm³/mol. The zero-order chi connectivity index (χ0) is 104. The van der Waals surface area contributed by atoms with Gasteiger partial charge >= 0.3 is 18.5 Å². The Morgan fingerprint density at radius 1 is 0.322 bits per heavy atom. The van der Waals surface area contributed by atoms with Crippen LogP contribution >= 0.6 is 0 Å². The van der Waals surface area contributed by atoms with Crippen molar-refractivity contribution in [3.63, 3.8) is 0 Å². The summed E-state index contributed by atoms with van der Waals surface area (Å²) < 4.78 is 168. The number of benzene rings is 8. The van der Waals surface area contributed by atoms with Crippen LogP contribution in [0, 0.1) is 20.8 Å². The van der Waals surface area contributed by atoms with Crippen LogP contribution < -0.4 is 15.2 Å². The maximum absolute atomic E-state index is 13.7. The van der Waals surface area contributed by atoms with Crippen LogP contribution in [-0.4, -0.2) is 114 Å². The summed E-state index contributed by atoms with van der Waals surface area (Å²) in [6.45, 7) is 13.5. The molecule has 1 saturated carbocycles. The number of nitrogens with zero attached hydrogens (tertiary/aromatic N) is 20. The van der Waals surface area contributed by atoms with Gasteiger partial charge in [-0.05, 0) is 244 Å². The summed E-state index contributed by atoms with van der Waals surface area (Å²) in [7, 11) is 0. The van der Waals surface area contributed by atoms with Crippen molar-refractivity contribution < 1.29 is 76.1 Å². The molecule has 2 N–H and O–H groups in total. The summed E-state index contributed by atoms with van der Waals surface area (Å²) in [6.07, 6.45) is 11.4. The van der Waals surface area contributed by atoms with Gasteiger partial charge in [0.05, 0.1) is 35.6 Å². The lowest BCUT2D eigenvalue weighted by Gasteiger charge is -2.21. The molecule has 1 fully saturated rings. The molecule has 149 heavy (non-hydrogen) atoms. The summed E-state index contributed by atoms with van der Waals surface area (Å²) in [5.41, 5.74) is 17.0. The summed E-state index contributed by atoms with van der Waals surface area (Å²) in [5, 5.41) is 28.0. The SMILES string of the molecule is CCOc1ccc(-c2nc(-c3cncc(C)c3)no2)cc1OCC.CCn1nc(C)cc1-c1nc(-c2ccncc2)no1.Cc1cnccc1-c1noc(-c2ccc(-c3ccccc3)c(C(F)(F)F)c2)n1.FC(F)(F)c1cc(-c2nc(-c3ccncc3)no2)ccc1-c1ccccc1.Nc1cc(-c2noc(-c3ccc(-c4ccccc4)c(C(F)(F)F)c3)n2)ccn1.c1cc(-c2noc(-c3ccc(C4CCCCC4)cc3)n2)ccn1. The maximum Gasteiger partial charge on any atom is 0.417 e. The zero-order valence-corrected chi connectivity index (χ0v) is 80.5. The van der Waals surface area contributed by atoms with Gasteiger partial charge in [0.2, 0.25) is 34.9 Å². The third kappa shape index (κ3) is 25.6. The number of nitrogens with two attached hydrogens (primary N) is 1. The van der Waals surface area contributed by atoms with E-state index in [-0.39, 0.29) is 68.5 Å². The maximum atomic E-state index is 13.7. The van der Waals surface area contributed by atoms with E-state index in [1.807, 2.05) is 101 Å². The monoisotopic (exact) mass is 2020 g/mol. The summed E-state index contributed by atoms with van der Waals surface area (Å²) >= 11 is 0. The molecule has 1 aliphatic rings. The van der Waals surface area contributed by atoms with Crippen LogP contribution in [0.3, 0.4) is 0 Å². The van der Waals surface area contributed by atoms with Crippen LogP contribution in [0.2, 0.25) is 0 Å². The van der Waals surface area contributed by atoms with Crippen molar-refractivity contribution >= 4 is 5.82 Å². The number of rotatable bonds is 21. The molecule has 29 nitrogen and oxygen atoms in total. The minimum atomic E-state index is -4.54. The van der Waals surface area contributed by atoms with Crippen molar-refractivity contribution in [2.75, 3.05) is 18.9 Å². The standard InChI is InChI=1S/C21H14F3N3O.C20H13F3N4O.C20H12F3N3O.C19H19N3O.C18H19N3O3.C13H13N5O/c1-13-12-25-10-9-16(13)19-26-20(28-27-19)15-7-8-17(14-5-3-2-4-6-14)18(11-15)21(22,23)24;21-20(22,23)16-10-14(6-7-15(16)12-4-2-1-3-5-12)19-26-18(27-28-19)13-8-9-25-17(24)11-13;21-20(22,23)17-12-15(6-7-16(17)13-4-2-1-3-5-13)19-25-18(26-27-19)14-8-10-24-11-9-14;1-2-4-14(5-3-1)15-6-8-17(9-7-15)19-21-18(22-23-19)16-10-12-20-13-11-16;1-4-22-15-7-6-13(9-16(15)23-5-2)18-20-17(21-24-18)14-8-12(3)10-19-11-14;1-3-18-11(8-9(2)16-18)13-15-12(17-19-13)10-4-6-14-7-5-10/h2-12H,1H3;1-11H,(H2,24,25);1-12H;6-14H,1-5H2;6-11H,4-5H2,1-3H3;4-8H,3H2,1-2H3. The Balaban J connectivity index is 0.000000122. The average molecular weight is 2020 g/mol. The van der Waals surface area contributed by atoms with Crippen molar-refractivity contribution in [3.05, 3.63) is 362 Å². The van der Waals surface area contributed by atoms with Gasteiger partial charge in [0, 0.05) is 136 Å². The first-order valence-electron chi connectivity index (χ1n) is 46.9. The highest BCUT2D eigenvalue weighted by Crippen LogP contribution is 2.45. The van der Waals surface area contributed by atoms with E-state index >= 15 is 0 Å². The number of aryl methyl sites for hydroxylation is 4.